The van der Waals surface area contributed by atoms with E-state index < -0.39 is 18.6 Å². The number of imidazole rings is 1. The van der Waals surface area contributed by atoms with Crippen LogP contribution in [0.2, 0.25) is 0 Å². The van der Waals surface area contributed by atoms with E-state index in [2.05, 4.69) is 20.3 Å². The number of hydrogen-bond acceptors (Lipinski definition) is 8. The lowest BCUT2D eigenvalue weighted by Crippen LogP contribution is -2.36. The molecule has 1 aliphatic rings. The molecule has 0 aromatic carbocycles. The second kappa shape index (κ2) is 5.66. The topological polar surface area (TPSA) is 131 Å². The Morgan fingerprint density at radius 3 is 2.96 bits per heavy atom. The number of hydrogen-bond donors (Lipinski definition) is 4. The second-order valence-corrected chi connectivity index (χ2v) is 5.48. The number of anilines is 2. The van der Waals surface area contributed by atoms with E-state index in [1.54, 1.807) is 11.5 Å². The van der Waals surface area contributed by atoms with Crippen LogP contribution in [0.25, 0.3) is 11.2 Å². The predicted octanol–water partition coefficient (Wildman–Crippen LogP) is -0.168. The van der Waals surface area contributed by atoms with E-state index in [1.165, 1.54) is 6.33 Å². The molecule has 0 saturated heterocycles. The van der Waals surface area contributed by atoms with Gasteiger partial charge in [-0.25, -0.2) is 4.98 Å². The number of terminal acetylenes is 1. The Kier molecular flexibility index (Phi) is 3.81. The van der Waals surface area contributed by atoms with Crippen LogP contribution in [-0.4, -0.2) is 48.2 Å². The van der Waals surface area contributed by atoms with Gasteiger partial charge in [-0.2, -0.15) is 9.97 Å². The highest BCUT2D eigenvalue weighted by molar-refractivity contribution is 5.84. The first-order valence-corrected chi connectivity index (χ1v) is 7.21. The van der Waals surface area contributed by atoms with Crippen molar-refractivity contribution in [3.8, 4) is 12.3 Å². The Morgan fingerprint density at radius 1 is 1.61 bits per heavy atom. The van der Waals surface area contributed by atoms with Gasteiger partial charge in [-0.1, -0.05) is 0 Å². The highest BCUT2D eigenvalue weighted by Gasteiger charge is 2.29. The molecule has 1 aliphatic carbocycles. The van der Waals surface area contributed by atoms with Crippen LogP contribution in [0.5, 0.6) is 0 Å². The molecule has 0 spiro atoms. The maximum Gasteiger partial charge on any atom is 0.256 e. The number of nitrogens with one attached hydrogen (secondary N) is 1. The van der Waals surface area contributed by atoms with Crippen molar-refractivity contribution in [3.05, 3.63) is 6.33 Å². The number of aliphatic hydroxyl groups is 2. The number of nitrogens with zero attached hydrogens (tertiary/aromatic N) is 4. The fourth-order valence-corrected chi connectivity index (χ4v) is 2.18. The third-order valence-corrected chi connectivity index (χ3v) is 3.55. The van der Waals surface area contributed by atoms with Crippen LogP contribution in [0.1, 0.15) is 26.0 Å². The summed E-state index contributed by atoms with van der Waals surface area (Å²) >= 11 is 0. The number of aliphatic hydroxyl groups excluding tert-OH is 1. The Labute approximate surface area is 132 Å². The number of ether oxygens (including phenoxy) is 1. The lowest BCUT2D eigenvalue weighted by molar-refractivity contribution is -0.222. The van der Waals surface area contributed by atoms with E-state index in [0.29, 0.717) is 23.0 Å². The third-order valence-electron chi connectivity index (χ3n) is 3.55. The molecule has 2 aromatic heterocycles. The summed E-state index contributed by atoms with van der Waals surface area (Å²) in [5.74, 6) is 0.592. The van der Waals surface area contributed by atoms with Crippen LogP contribution < -0.4 is 11.1 Å². The van der Waals surface area contributed by atoms with Crippen LogP contribution in [0.4, 0.5) is 11.8 Å². The van der Waals surface area contributed by atoms with Crippen molar-refractivity contribution in [1.29, 1.82) is 0 Å². The first-order chi connectivity index (χ1) is 11.0. The van der Waals surface area contributed by atoms with Crippen LogP contribution in [0, 0.1) is 12.3 Å². The molecular weight excluding hydrogens is 300 g/mol. The van der Waals surface area contributed by atoms with Gasteiger partial charge in [-0.3, -0.25) is 4.57 Å². The molecule has 9 nitrogen and oxygen atoms in total. The molecular formula is C14H18N6O3. The highest BCUT2D eigenvalue weighted by atomic mass is 16.6. The Balaban J connectivity index is 1.95. The molecule has 0 aliphatic heterocycles. The molecule has 122 valence electrons. The molecule has 2 heterocycles. The summed E-state index contributed by atoms with van der Waals surface area (Å²) in [5.41, 5.74) is 6.76. The summed E-state index contributed by atoms with van der Waals surface area (Å²) in [5, 5.41) is 22.3. The summed E-state index contributed by atoms with van der Waals surface area (Å²) in [6, 6.07) is 0.382. The number of fused-ring (bicyclic) bond motifs is 1. The number of rotatable bonds is 6. The van der Waals surface area contributed by atoms with E-state index in [-0.39, 0.29) is 5.95 Å². The lowest BCUT2D eigenvalue weighted by Gasteiger charge is -2.25. The molecule has 1 fully saturated rings. The Morgan fingerprint density at radius 2 is 2.35 bits per heavy atom. The minimum absolute atomic E-state index is 0.101. The van der Waals surface area contributed by atoms with Gasteiger partial charge >= 0.3 is 0 Å². The average Bonchev–Trinajstić information content (AvgIpc) is 3.23. The summed E-state index contributed by atoms with van der Waals surface area (Å²) in [6.07, 6.45) is 8.11. The minimum atomic E-state index is -2.08. The zero-order chi connectivity index (χ0) is 16.6. The van der Waals surface area contributed by atoms with E-state index in [0.717, 1.165) is 12.8 Å². The van der Waals surface area contributed by atoms with Crippen LogP contribution in [0.3, 0.4) is 0 Å². The third kappa shape index (κ3) is 3.05. The summed E-state index contributed by atoms with van der Waals surface area (Å²) in [4.78, 5) is 12.6. The molecule has 5 N–H and O–H groups in total. The number of aromatic nitrogens is 4. The monoisotopic (exact) mass is 318 g/mol. The maximum atomic E-state index is 9.89. The van der Waals surface area contributed by atoms with Crippen molar-refractivity contribution in [2.24, 2.45) is 0 Å². The van der Waals surface area contributed by atoms with E-state index in [1.807, 2.05) is 5.92 Å². The lowest BCUT2D eigenvalue weighted by atomic mass is 10.3. The number of nitrogen functional groups attached to an aromatic ring is 1. The number of nitrogens with two attached hydrogens (primary N) is 1. The standard InChI is InChI=1S/C14H18N6O3/c1-3-14(22,6-21)23-8(2)20-7-16-10-11(17-9-4-5-9)18-13(15)19-12(10)20/h1,7-9,21-22H,4-6H2,2H3,(H3,15,17,18,19)/t8-,14+/m1/s1. The Bertz CT molecular complexity index is 766. The molecule has 0 unspecified atom stereocenters. The summed E-state index contributed by atoms with van der Waals surface area (Å²) < 4.78 is 6.89. The van der Waals surface area contributed by atoms with Crippen molar-refractivity contribution < 1.29 is 14.9 Å². The van der Waals surface area contributed by atoms with Crippen molar-refractivity contribution >= 4 is 22.9 Å². The fourth-order valence-electron chi connectivity index (χ4n) is 2.18. The summed E-state index contributed by atoms with van der Waals surface area (Å²) in [7, 11) is 0. The molecule has 3 rings (SSSR count). The molecule has 0 radical (unpaired) electrons. The molecule has 0 amide bonds. The van der Waals surface area contributed by atoms with Crippen molar-refractivity contribution in [1.82, 2.24) is 19.5 Å². The minimum Gasteiger partial charge on any atom is -0.390 e. The first-order valence-electron chi connectivity index (χ1n) is 7.21. The average molecular weight is 318 g/mol. The van der Waals surface area contributed by atoms with E-state index in [4.69, 9.17) is 22.0 Å². The largest absolute Gasteiger partial charge is 0.390 e. The molecule has 2 aromatic rings. The van der Waals surface area contributed by atoms with Gasteiger partial charge in [-0.15, -0.1) is 6.42 Å². The van der Waals surface area contributed by atoms with Gasteiger partial charge in [0.15, 0.2) is 17.0 Å². The van der Waals surface area contributed by atoms with Crippen LogP contribution >= 0.6 is 0 Å². The molecule has 9 heteroatoms. The van der Waals surface area contributed by atoms with Gasteiger partial charge < -0.3 is 26.0 Å². The second-order valence-electron chi connectivity index (χ2n) is 5.48. The Hall–Kier alpha value is -2.41. The van der Waals surface area contributed by atoms with Gasteiger partial charge in [0.25, 0.3) is 5.79 Å². The molecule has 0 bridgehead atoms. The normalized spacial score (nSPS) is 18.3. The maximum absolute atomic E-state index is 9.89. The van der Waals surface area contributed by atoms with Gasteiger partial charge in [0.2, 0.25) is 5.95 Å². The van der Waals surface area contributed by atoms with Crippen LogP contribution in [-0.2, 0) is 4.74 Å². The SMILES string of the molecule is C#C[C@@](O)(CO)O[C@H](C)n1cnc2c(NC3CC3)nc(N)nc21. The zero-order valence-corrected chi connectivity index (χ0v) is 12.6. The summed E-state index contributed by atoms with van der Waals surface area (Å²) in [6.45, 7) is 0.914. The van der Waals surface area contributed by atoms with Gasteiger partial charge in [0.1, 0.15) is 12.8 Å². The highest BCUT2D eigenvalue weighted by Crippen LogP contribution is 2.29. The van der Waals surface area contributed by atoms with Gasteiger partial charge in [0, 0.05) is 6.04 Å². The molecule has 2 atom stereocenters. The first kappa shape index (κ1) is 15.5. The van der Waals surface area contributed by atoms with E-state index in [9.17, 15) is 5.11 Å². The fraction of sp³-hybridized carbons (Fsp3) is 0.500. The van der Waals surface area contributed by atoms with Crippen LogP contribution in [0.15, 0.2) is 6.33 Å². The quantitative estimate of drug-likeness (QED) is 0.426. The van der Waals surface area contributed by atoms with Crippen molar-refractivity contribution in [3.63, 3.8) is 0 Å². The molecule has 23 heavy (non-hydrogen) atoms. The molecule has 1 saturated carbocycles. The van der Waals surface area contributed by atoms with Crippen molar-refractivity contribution in [2.75, 3.05) is 17.7 Å². The van der Waals surface area contributed by atoms with Crippen molar-refractivity contribution in [2.45, 2.75) is 37.8 Å². The predicted molar refractivity (Wildman–Crippen MR) is 83.0 cm³/mol. The zero-order valence-electron chi connectivity index (χ0n) is 12.6. The van der Waals surface area contributed by atoms with Gasteiger partial charge in [-0.05, 0) is 25.7 Å². The van der Waals surface area contributed by atoms with Gasteiger partial charge in [0.05, 0.1) is 6.33 Å². The van der Waals surface area contributed by atoms with E-state index >= 15 is 0 Å². The smallest absolute Gasteiger partial charge is 0.256 e.